The van der Waals surface area contributed by atoms with Gasteiger partial charge in [-0.25, -0.2) is 4.98 Å². The highest BCUT2D eigenvalue weighted by atomic mass is 16.5. The molecule has 1 aromatic heterocycles. The molecular weight excluding hydrogens is 364 g/mol. The van der Waals surface area contributed by atoms with Gasteiger partial charge in [0.2, 0.25) is 5.88 Å². The number of nitrogens with zero attached hydrogens (tertiary/aromatic N) is 3. The number of benzene rings is 1. The molecule has 1 N–H and O–H groups in total. The Bertz CT molecular complexity index is 885. The van der Waals surface area contributed by atoms with E-state index in [2.05, 4.69) is 47.4 Å². The molecule has 0 spiro atoms. The minimum Gasteiger partial charge on any atom is -0.481 e. The molecule has 2 aliphatic rings. The number of aryl methyl sites for hydroxylation is 1. The Morgan fingerprint density at radius 2 is 1.93 bits per heavy atom. The number of anilines is 1. The fraction of sp³-hybridized carbons (Fsp3) is 0.478. The maximum Gasteiger partial charge on any atom is 0.272 e. The molecule has 6 heteroatoms. The van der Waals surface area contributed by atoms with E-state index in [1.807, 2.05) is 11.0 Å². The molecule has 1 saturated heterocycles. The summed E-state index contributed by atoms with van der Waals surface area (Å²) in [4.78, 5) is 22.3. The number of likely N-dealkylation sites (N-methyl/N-ethyl adjacent to an activating group) is 1. The van der Waals surface area contributed by atoms with Gasteiger partial charge in [0, 0.05) is 43.5 Å². The number of carbonyl (C=O) groups is 1. The lowest BCUT2D eigenvalue weighted by Gasteiger charge is -2.31. The normalized spacial score (nSPS) is 22.4. The van der Waals surface area contributed by atoms with Crippen LogP contribution in [-0.4, -0.2) is 60.0 Å². The van der Waals surface area contributed by atoms with Crippen LogP contribution in [-0.2, 0) is 6.54 Å². The molecule has 3 heterocycles. The molecule has 1 aromatic carbocycles. The summed E-state index contributed by atoms with van der Waals surface area (Å²) in [5.74, 6) is 0.414. The molecule has 0 aliphatic carbocycles. The number of aromatic nitrogens is 1. The highest BCUT2D eigenvalue weighted by molar-refractivity contribution is 5.92. The Morgan fingerprint density at radius 1 is 1.14 bits per heavy atom. The number of rotatable bonds is 2. The van der Waals surface area contributed by atoms with E-state index >= 15 is 0 Å². The van der Waals surface area contributed by atoms with Gasteiger partial charge in [-0.05, 0) is 50.4 Å². The van der Waals surface area contributed by atoms with Crippen LogP contribution in [0.4, 0.5) is 5.69 Å². The molecular formula is C23H30N4O2. The summed E-state index contributed by atoms with van der Waals surface area (Å²) in [5.41, 5.74) is 3.96. The van der Waals surface area contributed by atoms with E-state index in [1.165, 1.54) is 12.0 Å². The smallest absolute Gasteiger partial charge is 0.272 e. The number of hydrogen-bond donors (Lipinski definition) is 1. The second-order valence-corrected chi connectivity index (χ2v) is 8.13. The fourth-order valence-corrected chi connectivity index (χ4v) is 4.62. The number of pyridine rings is 1. The quantitative estimate of drug-likeness (QED) is 0.847. The molecule has 1 fully saturated rings. The predicted octanol–water partition coefficient (Wildman–Crippen LogP) is 3.32. The van der Waals surface area contributed by atoms with Crippen molar-refractivity contribution in [3.05, 3.63) is 53.2 Å². The van der Waals surface area contributed by atoms with Crippen molar-refractivity contribution in [3.8, 4) is 5.88 Å². The summed E-state index contributed by atoms with van der Waals surface area (Å²) >= 11 is 0. The first-order valence-corrected chi connectivity index (χ1v) is 10.4. The monoisotopic (exact) mass is 394 g/mol. The van der Waals surface area contributed by atoms with E-state index in [1.54, 1.807) is 19.2 Å². The number of fused-ring (bicyclic) bond motifs is 3. The number of methoxy groups -OCH3 is 1. The second kappa shape index (κ2) is 8.41. The molecule has 4 rings (SSSR count). The Hall–Kier alpha value is -2.60. The van der Waals surface area contributed by atoms with Crippen molar-refractivity contribution in [1.82, 2.24) is 14.8 Å². The lowest BCUT2D eigenvalue weighted by Crippen LogP contribution is -2.43. The van der Waals surface area contributed by atoms with E-state index in [0.29, 0.717) is 36.7 Å². The molecule has 0 radical (unpaired) electrons. The number of amides is 1. The summed E-state index contributed by atoms with van der Waals surface area (Å²) in [5, 5.41) is 3.65. The number of ether oxygens (including phenoxy) is 1. The van der Waals surface area contributed by atoms with E-state index < -0.39 is 0 Å². The first-order chi connectivity index (χ1) is 14.1. The third kappa shape index (κ3) is 4.08. The van der Waals surface area contributed by atoms with Crippen LogP contribution in [0.1, 0.15) is 40.9 Å². The van der Waals surface area contributed by atoms with Crippen molar-refractivity contribution in [2.75, 3.05) is 32.6 Å². The molecule has 2 atom stereocenters. The molecule has 1 amide bonds. The standard InChI is InChI=1S/C23H30N4O2/c1-16-6-4-7-17-14-27(23(28)20-8-5-9-21(25-20)29-3)15-19-11-10-18(26(19)2)12-13-24-22(16)17/h4-9,18-19,24H,10-15H2,1-3H3. The lowest BCUT2D eigenvalue weighted by molar-refractivity contribution is 0.0682. The van der Waals surface area contributed by atoms with Crippen LogP contribution < -0.4 is 10.1 Å². The van der Waals surface area contributed by atoms with Crippen LogP contribution in [0.2, 0.25) is 0 Å². The number of hydrogen-bond acceptors (Lipinski definition) is 5. The van der Waals surface area contributed by atoms with Gasteiger partial charge in [0.15, 0.2) is 0 Å². The van der Waals surface area contributed by atoms with Gasteiger partial charge in [0.25, 0.3) is 5.91 Å². The molecule has 2 aromatic rings. The SMILES string of the molecule is COc1cccc(C(=O)N2Cc3cccc(C)c3NCCC3CCC(C2)N3C)n1. The first-order valence-electron chi connectivity index (χ1n) is 10.4. The predicted molar refractivity (Wildman–Crippen MR) is 114 cm³/mol. The third-order valence-electron chi connectivity index (χ3n) is 6.35. The minimum absolute atomic E-state index is 0.0487. The van der Waals surface area contributed by atoms with Crippen LogP contribution >= 0.6 is 0 Å². The highest BCUT2D eigenvalue weighted by Crippen LogP contribution is 2.29. The van der Waals surface area contributed by atoms with Gasteiger partial charge in [-0.2, -0.15) is 0 Å². The Kier molecular flexibility index (Phi) is 5.72. The number of nitrogens with one attached hydrogen (secondary N) is 1. The van der Waals surface area contributed by atoms with Gasteiger partial charge in [-0.15, -0.1) is 0 Å². The van der Waals surface area contributed by atoms with Gasteiger partial charge in [-0.1, -0.05) is 24.3 Å². The zero-order valence-electron chi connectivity index (χ0n) is 17.5. The average Bonchev–Trinajstić information content (AvgIpc) is 3.06. The molecule has 2 bridgehead atoms. The van der Waals surface area contributed by atoms with Crippen molar-refractivity contribution < 1.29 is 9.53 Å². The second-order valence-electron chi connectivity index (χ2n) is 8.13. The molecule has 6 nitrogen and oxygen atoms in total. The number of para-hydroxylation sites is 1. The topological polar surface area (TPSA) is 57.7 Å². The highest BCUT2D eigenvalue weighted by Gasteiger charge is 2.33. The van der Waals surface area contributed by atoms with E-state index in [9.17, 15) is 4.79 Å². The van der Waals surface area contributed by atoms with Crippen molar-refractivity contribution >= 4 is 11.6 Å². The van der Waals surface area contributed by atoms with Crippen molar-refractivity contribution in [2.24, 2.45) is 0 Å². The van der Waals surface area contributed by atoms with E-state index in [-0.39, 0.29) is 5.91 Å². The molecule has 154 valence electrons. The fourth-order valence-electron chi connectivity index (χ4n) is 4.62. The van der Waals surface area contributed by atoms with Crippen molar-refractivity contribution in [2.45, 2.75) is 44.8 Å². The van der Waals surface area contributed by atoms with E-state index in [0.717, 1.165) is 30.6 Å². The van der Waals surface area contributed by atoms with Crippen LogP contribution in [0.3, 0.4) is 0 Å². The zero-order valence-corrected chi connectivity index (χ0v) is 17.5. The van der Waals surface area contributed by atoms with Gasteiger partial charge in [0.05, 0.1) is 7.11 Å². The molecule has 2 aliphatic heterocycles. The summed E-state index contributed by atoms with van der Waals surface area (Å²) < 4.78 is 5.23. The minimum atomic E-state index is -0.0487. The lowest BCUT2D eigenvalue weighted by atomic mass is 10.0. The van der Waals surface area contributed by atoms with Crippen LogP contribution in [0.5, 0.6) is 5.88 Å². The average molecular weight is 395 g/mol. The summed E-state index contributed by atoms with van der Waals surface area (Å²) in [6.45, 7) is 4.35. The van der Waals surface area contributed by atoms with Crippen LogP contribution in [0.25, 0.3) is 0 Å². The largest absolute Gasteiger partial charge is 0.481 e. The van der Waals surface area contributed by atoms with Crippen molar-refractivity contribution in [3.63, 3.8) is 0 Å². The Labute approximate surface area is 172 Å². The molecule has 0 saturated carbocycles. The molecule has 29 heavy (non-hydrogen) atoms. The van der Waals surface area contributed by atoms with Gasteiger partial charge in [0.1, 0.15) is 5.69 Å². The van der Waals surface area contributed by atoms with Crippen LogP contribution in [0, 0.1) is 6.92 Å². The van der Waals surface area contributed by atoms with Crippen LogP contribution in [0.15, 0.2) is 36.4 Å². The first kappa shape index (κ1) is 19.7. The van der Waals surface area contributed by atoms with E-state index in [4.69, 9.17) is 4.74 Å². The Balaban J connectivity index is 1.70. The maximum atomic E-state index is 13.5. The number of carbonyl (C=O) groups excluding carboxylic acids is 1. The maximum absolute atomic E-state index is 13.5. The zero-order chi connectivity index (χ0) is 20.4. The van der Waals surface area contributed by atoms with Crippen molar-refractivity contribution in [1.29, 1.82) is 0 Å². The summed E-state index contributed by atoms with van der Waals surface area (Å²) in [6.07, 6.45) is 3.42. The van der Waals surface area contributed by atoms with Gasteiger partial charge < -0.3 is 15.0 Å². The molecule has 2 unspecified atom stereocenters. The summed E-state index contributed by atoms with van der Waals surface area (Å²) in [7, 11) is 3.77. The van der Waals surface area contributed by atoms with Gasteiger partial charge in [-0.3, -0.25) is 9.69 Å². The Morgan fingerprint density at radius 3 is 2.76 bits per heavy atom. The summed E-state index contributed by atoms with van der Waals surface area (Å²) in [6, 6.07) is 12.6. The third-order valence-corrected chi connectivity index (χ3v) is 6.35. The van der Waals surface area contributed by atoms with Gasteiger partial charge >= 0.3 is 0 Å².